The van der Waals surface area contributed by atoms with Gasteiger partial charge in [-0.3, -0.25) is 10.1 Å². The number of fused-ring (bicyclic) bond motifs is 1. The molecule has 4 heterocycles. The minimum atomic E-state index is -2.66. The van der Waals surface area contributed by atoms with Crippen molar-refractivity contribution in [2.45, 2.75) is 13.3 Å². The molecule has 0 bridgehead atoms. The number of alkyl halides is 2. The van der Waals surface area contributed by atoms with Gasteiger partial charge in [0.1, 0.15) is 17.0 Å². The summed E-state index contributed by atoms with van der Waals surface area (Å²) < 4.78 is 28.7. The highest BCUT2D eigenvalue weighted by atomic mass is 19.3. The summed E-state index contributed by atoms with van der Waals surface area (Å²) in [4.78, 5) is 8.58. The molecule has 0 saturated carbocycles. The monoisotopic (exact) mass is 325 g/mol. The third-order valence-electron chi connectivity index (χ3n) is 3.82. The molecule has 5 nitrogen and oxygen atoms in total. The second-order valence-electron chi connectivity index (χ2n) is 5.44. The molecular formula is C17H13F2N5. The van der Waals surface area contributed by atoms with E-state index in [2.05, 4.69) is 20.2 Å². The maximum atomic E-state index is 13.5. The zero-order chi connectivity index (χ0) is 16.7. The Balaban J connectivity index is 1.96. The molecule has 0 saturated heterocycles. The Morgan fingerprint density at radius 1 is 1.17 bits per heavy atom. The van der Waals surface area contributed by atoms with E-state index in [9.17, 15) is 8.78 Å². The molecule has 0 radical (unpaired) electrons. The number of nitrogens with zero attached hydrogens (tertiary/aromatic N) is 4. The molecule has 24 heavy (non-hydrogen) atoms. The van der Waals surface area contributed by atoms with Crippen LogP contribution in [0.3, 0.4) is 0 Å². The summed E-state index contributed by atoms with van der Waals surface area (Å²) in [6.07, 6.45) is 2.53. The Hall–Kier alpha value is -3.09. The Bertz CT molecular complexity index is 1020. The van der Waals surface area contributed by atoms with Crippen LogP contribution in [0.15, 0.2) is 48.9 Å². The van der Waals surface area contributed by atoms with Gasteiger partial charge < -0.3 is 4.40 Å². The second kappa shape index (κ2) is 5.52. The predicted octanol–water partition coefficient (Wildman–Crippen LogP) is 4.03. The average Bonchev–Trinajstić information content (AvgIpc) is 3.20. The number of hydrogen-bond acceptors (Lipinski definition) is 3. The molecule has 0 aliphatic heterocycles. The number of aromatic amines is 1. The minimum Gasteiger partial charge on any atom is -0.306 e. The summed E-state index contributed by atoms with van der Waals surface area (Å²) in [7, 11) is 0. The summed E-state index contributed by atoms with van der Waals surface area (Å²) in [6.45, 7) is 1.85. The van der Waals surface area contributed by atoms with Crippen LogP contribution in [0.5, 0.6) is 0 Å². The van der Waals surface area contributed by atoms with Crippen molar-refractivity contribution >= 4 is 5.65 Å². The van der Waals surface area contributed by atoms with Crippen LogP contribution in [-0.4, -0.2) is 24.6 Å². The van der Waals surface area contributed by atoms with Crippen molar-refractivity contribution in [3.05, 3.63) is 60.3 Å². The summed E-state index contributed by atoms with van der Waals surface area (Å²) >= 11 is 0. The van der Waals surface area contributed by atoms with Crippen LogP contribution in [0.1, 0.15) is 17.8 Å². The van der Waals surface area contributed by atoms with Crippen molar-refractivity contribution in [2.24, 2.45) is 0 Å². The lowest BCUT2D eigenvalue weighted by atomic mass is 10.0. The molecule has 4 rings (SSSR count). The van der Waals surface area contributed by atoms with E-state index >= 15 is 0 Å². The van der Waals surface area contributed by atoms with Crippen molar-refractivity contribution in [1.82, 2.24) is 24.6 Å². The number of imidazole rings is 1. The molecule has 0 atom stereocenters. The maximum absolute atomic E-state index is 13.5. The van der Waals surface area contributed by atoms with Gasteiger partial charge in [0.25, 0.3) is 6.43 Å². The van der Waals surface area contributed by atoms with Gasteiger partial charge in [-0.25, -0.2) is 13.8 Å². The van der Waals surface area contributed by atoms with E-state index in [4.69, 9.17) is 0 Å². The number of nitrogens with one attached hydrogen (secondary N) is 1. The van der Waals surface area contributed by atoms with Gasteiger partial charge in [-0.2, -0.15) is 5.10 Å². The van der Waals surface area contributed by atoms with E-state index in [1.165, 1.54) is 0 Å². The molecule has 120 valence electrons. The normalized spacial score (nSPS) is 11.5. The second-order valence-corrected chi connectivity index (χ2v) is 5.44. The molecule has 0 aromatic carbocycles. The van der Waals surface area contributed by atoms with Gasteiger partial charge in [0, 0.05) is 35.4 Å². The van der Waals surface area contributed by atoms with Crippen molar-refractivity contribution in [1.29, 1.82) is 0 Å². The smallest absolute Gasteiger partial charge is 0.280 e. The lowest BCUT2D eigenvalue weighted by molar-refractivity contribution is 0.146. The fraction of sp³-hybridized carbons (Fsp3) is 0.118. The van der Waals surface area contributed by atoms with Gasteiger partial charge in [-0.15, -0.1) is 0 Å². The van der Waals surface area contributed by atoms with Crippen LogP contribution >= 0.6 is 0 Å². The van der Waals surface area contributed by atoms with Crippen molar-refractivity contribution < 1.29 is 8.78 Å². The van der Waals surface area contributed by atoms with Crippen LogP contribution < -0.4 is 0 Å². The number of hydrogen-bond donors (Lipinski definition) is 1. The zero-order valence-electron chi connectivity index (χ0n) is 12.7. The first-order chi connectivity index (χ1) is 11.6. The molecule has 0 aliphatic carbocycles. The third kappa shape index (κ3) is 2.34. The Morgan fingerprint density at radius 2 is 2.04 bits per heavy atom. The van der Waals surface area contributed by atoms with Gasteiger partial charge in [-0.1, -0.05) is 6.07 Å². The van der Waals surface area contributed by atoms with Crippen LogP contribution in [0.2, 0.25) is 0 Å². The van der Waals surface area contributed by atoms with E-state index in [1.54, 1.807) is 41.2 Å². The van der Waals surface area contributed by atoms with Gasteiger partial charge >= 0.3 is 0 Å². The SMILES string of the molecule is Cc1cccc(-c2n[nH]c(C(F)F)c2-c2ccc3nccn3c2)n1. The van der Waals surface area contributed by atoms with Crippen LogP contribution in [0.25, 0.3) is 28.2 Å². The van der Waals surface area contributed by atoms with Gasteiger partial charge in [0.2, 0.25) is 0 Å². The molecule has 4 aromatic rings. The first-order valence-corrected chi connectivity index (χ1v) is 7.37. The number of halogens is 2. The van der Waals surface area contributed by atoms with Gasteiger partial charge in [0.05, 0.1) is 5.69 Å². The lowest BCUT2D eigenvalue weighted by Gasteiger charge is -2.07. The topological polar surface area (TPSA) is 58.9 Å². The number of aryl methyl sites for hydroxylation is 1. The fourth-order valence-corrected chi connectivity index (χ4v) is 2.73. The highest BCUT2D eigenvalue weighted by Crippen LogP contribution is 2.36. The van der Waals surface area contributed by atoms with Crippen molar-refractivity contribution in [3.8, 4) is 22.5 Å². The Morgan fingerprint density at radius 3 is 2.83 bits per heavy atom. The van der Waals surface area contributed by atoms with Crippen molar-refractivity contribution in [3.63, 3.8) is 0 Å². The first kappa shape index (κ1) is 14.5. The largest absolute Gasteiger partial charge is 0.306 e. The maximum Gasteiger partial charge on any atom is 0.280 e. The fourth-order valence-electron chi connectivity index (χ4n) is 2.73. The molecule has 4 aromatic heterocycles. The Kier molecular flexibility index (Phi) is 3.34. The van der Waals surface area contributed by atoms with Crippen LogP contribution in [-0.2, 0) is 0 Å². The summed E-state index contributed by atoms with van der Waals surface area (Å²) in [5.74, 6) is 0. The molecule has 0 unspecified atom stereocenters. The molecule has 0 amide bonds. The first-order valence-electron chi connectivity index (χ1n) is 7.37. The van der Waals surface area contributed by atoms with E-state index in [1.807, 2.05) is 19.1 Å². The molecule has 0 spiro atoms. The number of pyridine rings is 2. The minimum absolute atomic E-state index is 0.215. The van der Waals surface area contributed by atoms with E-state index in [0.717, 1.165) is 11.3 Å². The standard InChI is InChI=1S/C17H13F2N5/c1-10-3-2-4-12(21-10)15-14(16(17(18)19)23-22-15)11-5-6-13-20-7-8-24(13)9-11/h2-9,17H,1H3,(H,22,23). The average molecular weight is 325 g/mol. The molecule has 7 heteroatoms. The number of rotatable bonds is 3. The summed E-state index contributed by atoms with van der Waals surface area (Å²) in [5.41, 5.74) is 3.28. The molecule has 0 fully saturated rings. The van der Waals surface area contributed by atoms with Crippen molar-refractivity contribution in [2.75, 3.05) is 0 Å². The van der Waals surface area contributed by atoms with E-state index in [-0.39, 0.29) is 5.69 Å². The predicted molar refractivity (Wildman–Crippen MR) is 85.7 cm³/mol. The summed E-state index contributed by atoms with van der Waals surface area (Å²) in [6, 6.07) is 8.99. The number of H-pyrrole nitrogens is 1. The zero-order valence-corrected chi connectivity index (χ0v) is 12.7. The van der Waals surface area contributed by atoms with Crippen LogP contribution in [0, 0.1) is 6.92 Å². The van der Waals surface area contributed by atoms with Crippen LogP contribution in [0.4, 0.5) is 8.78 Å². The number of aromatic nitrogens is 5. The van der Waals surface area contributed by atoms with Gasteiger partial charge in [-0.05, 0) is 31.2 Å². The highest BCUT2D eigenvalue weighted by molar-refractivity contribution is 5.81. The molecular weight excluding hydrogens is 312 g/mol. The lowest BCUT2D eigenvalue weighted by Crippen LogP contribution is -1.93. The van der Waals surface area contributed by atoms with Gasteiger partial charge in [0.15, 0.2) is 0 Å². The third-order valence-corrected chi connectivity index (χ3v) is 3.82. The quantitative estimate of drug-likeness (QED) is 0.618. The summed E-state index contributed by atoms with van der Waals surface area (Å²) in [5, 5.41) is 6.57. The van der Waals surface area contributed by atoms with E-state index in [0.29, 0.717) is 22.5 Å². The Labute approximate surface area is 136 Å². The molecule has 0 aliphatic rings. The molecule has 1 N–H and O–H groups in total. The van der Waals surface area contributed by atoms with E-state index < -0.39 is 6.43 Å². The highest BCUT2D eigenvalue weighted by Gasteiger charge is 2.23.